The van der Waals surface area contributed by atoms with Gasteiger partial charge in [0.05, 0.1) is 19.1 Å². The van der Waals surface area contributed by atoms with Crippen LogP contribution in [0.2, 0.25) is 0 Å². The SMILES string of the molecule is COc1cccc(CC(=O)N2CCc3ccc(C(=O)O)cc3C2)c1. The lowest BCUT2D eigenvalue weighted by atomic mass is 9.97. The predicted octanol–water partition coefficient (Wildman–Crippen LogP) is 2.52. The number of rotatable bonds is 4. The van der Waals surface area contributed by atoms with Gasteiger partial charge in [-0.2, -0.15) is 0 Å². The second kappa shape index (κ2) is 6.74. The summed E-state index contributed by atoms with van der Waals surface area (Å²) in [6.45, 7) is 1.11. The number of aromatic carboxylic acids is 1. The molecule has 1 amide bonds. The summed E-state index contributed by atoms with van der Waals surface area (Å²) in [6, 6.07) is 12.6. The van der Waals surface area contributed by atoms with E-state index in [1.807, 2.05) is 30.3 Å². The van der Waals surface area contributed by atoms with Crippen molar-refractivity contribution in [2.75, 3.05) is 13.7 Å². The van der Waals surface area contributed by atoms with E-state index in [0.717, 1.165) is 28.9 Å². The zero-order valence-corrected chi connectivity index (χ0v) is 13.5. The lowest BCUT2D eigenvalue weighted by molar-refractivity contribution is -0.131. The molecule has 0 aliphatic carbocycles. The van der Waals surface area contributed by atoms with Crippen molar-refractivity contribution >= 4 is 11.9 Å². The third-order valence-corrected chi connectivity index (χ3v) is 4.31. The number of methoxy groups -OCH3 is 1. The van der Waals surface area contributed by atoms with E-state index < -0.39 is 5.97 Å². The lowest BCUT2D eigenvalue weighted by Gasteiger charge is -2.29. The molecule has 24 heavy (non-hydrogen) atoms. The molecule has 0 unspecified atom stereocenters. The van der Waals surface area contributed by atoms with Crippen molar-refractivity contribution in [3.05, 3.63) is 64.7 Å². The molecule has 0 fully saturated rings. The van der Waals surface area contributed by atoms with Crippen LogP contribution in [0, 0.1) is 0 Å². The summed E-state index contributed by atoms with van der Waals surface area (Å²) in [5, 5.41) is 9.11. The zero-order chi connectivity index (χ0) is 17.1. The normalized spacial score (nSPS) is 13.3. The molecule has 1 N–H and O–H groups in total. The molecule has 0 spiro atoms. The molecule has 3 rings (SSSR count). The summed E-state index contributed by atoms with van der Waals surface area (Å²) in [4.78, 5) is 25.5. The molecule has 0 saturated heterocycles. The minimum absolute atomic E-state index is 0.0367. The third kappa shape index (κ3) is 3.40. The van der Waals surface area contributed by atoms with E-state index in [4.69, 9.17) is 9.84 Å². The first-order valence-corrected chi connectivity index (χ1v) is 7.82. The van der Waals surface area contributed by atoms with Gasteiger partial charge >= 0.3 is 5.97 Å². The van der Waals surface area contributed by atoms with Gasteiger partial charge in [0, 0.05) is 13.1 Å². The molecule has 124 valence electrons. The van der Waals surface area contributed by atoms with E-state index >= 15 is 0 Å². The average Bonchev–Trinajstić information content (AvgIpc) is 2.60. The number of benzene rings is 2. The van der Waals surface area contributed by atoms with Crippen LogP contribution in [0.4, 0.5) is 0 Å². The predicted molar refractivity (Wildman–Crippen MR) is 89.2 cm³/mol. The zero-order valence-electron chi connectivity index (χ0n) is 13.5. The summed E-state index contributed by atoms with van der Waals surface area (Å²) in [6.07, 6.45) is 1.06. The van der Waals surface area contributed by atoms with Gasteiger partial charge in [-0.15, -0.1) is 0 Å². The molecule has 2 aromatic rings. The molecule has 0 bridgehead atoms. The number of nitrogens with zero attached hydrogens (tertiary/aromatic N) is 1. The van der Waals surface area contributed by atoms with Crippen molar-refractivity contribution in [3.8, 4) is 5.75 Å². The van der Waals surface area contributed by atoms with E-state index in [0.29, 0.717) is 19.5 Å². The Morgan fingerprint density at radius 2 is 2.00 bits per heavy atom. The Labute approximate surface area is 140 Å². The highest BCUT2D eigenvalue weighted by molar-refractivity contribution is 5.88. The average molecular weight is 325 g/mol. The van der Waals surface area contributed by atoms with Crippen molar-refractivity contribution in [2.24, 2.45) is 0 Å². The Bertz CT molecular complexity index is 785. The molecular formula is C19H19NO4. The lowest BCUT2D eigenvalue weighted by Crippen LogP contribution is -2.37. The highest BCUT2D eigenvalue weighted by atomic mass is 16.5. The minimum atomic E-state index is -0.947. The highest BCUT2D eigenvalue weighted by Gasteiger charge is 2.21. The van der Waals surface area contributed by atoms with Gasteiger partial charge in [0.15, 0.2) is 0 Å². The van der Waals surface area contributed by atoms with Crippen LogP contribution in [0.25, 0.3) is 0 Å². The number of carbonyl (C=O) groups excluding carboxylic acids is 1. The van der Waals surface area contributed by atoms with Crippen molar-refractivity contribution in [1.82, 2.24) is 4.90 Å². The van der Waals surface area contributed by atoms with Gasteiger partial charge in [0.25, 0.3) is 0 Å². The van der Waals surface area contributed by atoms with Gasteiger partial charge < -0.3 is 14.7 Å². The molecule has 0 aromatic heterocycles. The molecule has 1 aliphatic rings. The minimum Gasteiger partial charge on any atom is -0.497 e. The number of hydrogen-bond acceptors (Lipinski definition) is 3. The van der Waals surface area contributed by atoms with E-state index in [1.54, 1.807) is 24.1 Å². The fourth-order valence-electron chi connectivity index (χ4n) is 2.97. The van der Waals surface area contributed by atoms with Crippen LogP contribution in [0.5, 0.6) is 5.75 Å². The number of amides is 1. The van der Waals surface area contributed by atoms with Crippen LogP contribution in [0.3, 0.4) is 0 Å². The van der Waals surface area contributed by atoms with Crippen molar-refractivity contribution in [3.63, 3.8) is 0 Å². The van der Waals surface area contributed by atoms with Gasteiger partial charge in [0.1, 0.15) is 5.75 Å². The van der Waals surface area contributed by atoms with Crippen LogP contribution in [0.15, 0.2) is 42.5 Å². The fourth-order valence-corrected chi connectivity index (χ4v) is 2.97. The Balaban J connectivity index is 1.73. The number of carboxylic acids is 1. The van der Waals surface area contributed by atoms with Gasteiger partial charge in [-0.1, -0.05) is 18.2 Å². The fraction of sp³-hybridized carbons (Fsp3) is 0.263. The maximum absolute atomic E-state index is 12.6. The molecule has 2 aromatic carbocycles. The Morgan fingerprint density at radius 1 is 1.17 bits per heavy atom. The first-order valence-electron chi connectivity index (χ1n) is 7.82. The van der Waals surface area contributed by atoms with Crippen LogP contribution in [-0.4, -0.2) is 35.5 Å². The van der Waals surface area contributed by atoms with Gasteiger partial charge in [-0.05, 0) is 47.4 Å². The topological polar surface area (TPSA) is 66.8 Å². The van der Waals surface area contributed by atoms with Crippen molar-refractivity contribution in [1.29, 1.82) is 0 Å². The maximum Gasteiger partial charge on any atom is 0.335 e. The van der Waals surface area contributed by atoms with Crippen molar-refractivity contribution < 1.29 is 19.4 Å². The summed E-state index contributed by atoms with van der Waals surface area (Å²) in [5.41, 5.74) is 3.20. The standard InChI is InChI=1S/C19H19NO4/c1-24-17-4-2-3-13(9-17)10-18(21)20-8-7-14-5-6-15(19(22)23)11-16(14)12-20/h2-6,9,11H,7-8,10,12H2,1H3,(H,22,23). The molecule has 1 heterocycles. The highest BCUT2D eigenvalue weighted by Crippen LogP contribution is 2.22. The molecule has 5 heteroatoms. The summed E-state index contributed by atoms with van der Waals surface area (Å²) in [7, 11) is 1.60. The molecule has 1 aliphatic heterocycles. The molecule has 0 atom stereocenters. The monoisotopic (exact) mass is 325 g/mol. The van der Waals surface area contributed by atoms with Gasteiger partial charge in [-0.3, -0.25) is 4.79 Å². The number of hydrogen-bond donors (Lipinski definition) is 1. The Hall–Kier alpha value is -2.82. The number of ether oxygens (including phenoxy) is 1. The van der Waals surface area contributed by atoms with E-state index in [1.165, 1.54) is 0 Å². The molecule has 0 saturated carbocycles. The third-order valence-electron chi connectivity index (χ3n) is 4.31. The van der Waals surface area contributed by atoms with Gasteiger partial charge in [0.2, 0.25) is 5.91 Å². The smallest absolute Gasteiger partial charge is 0.335 e. The van der Waals surface area contributed by atoms with E-state index in [-0.39, 0.29) is 11.5 Å². The van der Waals surface area contributed by atoms with Crippen LogP contribution < -0.4 is 4.74 Å². The van der Waals surface area contributed by atoms with Crippen LogP contribution >= 0.6 is 0 Å². The largest absolute Gasteiger partial charge is 0.497 e. The van der Waals surface area contributed by atoms with Crippen LogP contribution in [0.1, 0.15) is 27.0 Å². The second-order valence-corrected chi connectivity index (χ2v) is 5.88. The first-order chi connectivity index (χ1) is 11.6. The second-order valence-electron chi connectivity index (χ2n) is 5.88. The Morgan fingerprint density at radius 3 is 2.75 bits per heavy atom. The maximum atomic E-state index is 12.6. The van der Waals surface area contributed by atoms with Crippen LogP contribution in [-0.2, 0) is 24.2 Å². The van der Waals surface area contributed by atoms with E-state index in [9.17, 15) is 9.59 Å². The summed E-state index contributed by atoms with van der Waals surface area (Å²) >= 11 is 0. The van der Waals surface area contributed by atoms with Crippen molar-refractivity contribution in [2.45, 2.75) is 19.4 Å². The molecule has 0 radical (unpaired) electrons. The number of carbonyl (C=O) groups is 2. The van der Waals surface area contributed by atoms with E-state index in [2.05, 4.69) is 0 Å². The first kappa shape index (κ1) is 16.1. The summed E-state index contributed by atoms with van der Waals surface area (Å²) in [5.74, 6) is -0.178. The molecular weight excluding hydrogens is 306 g/mol. The molecule has 5 nitrogen and oxygen atoms in total. The van der Waals surface area contributed by atoms with Gasteiger partial charge in [-0.25, -0.2) is 4.79 Å². The Kier molecular flexibility index (Phi) is 4.51. The number of fused-ring (bicyclic) bond motifs is 1. The number of carboxylic acid groups (broad SMARTS) is 1. The summed E-state index contributed by atoms with van der Waals surface area (Å²) < 4.78 is 5.18. The quantitative estimate of drug-likeness (QED) is 0.938.